The highest BCUT2D eigenvalue weighted by atomic mass is 16.3. The van der Waals surface area contributed by atoms with Gasteiger partial charge >= 0.3 is 0 Å². The van der Waals surface area contributed by atoms with Gasteiger partial charge in [-0.3, -0.25) is 9.79 Å². The molecule has 2 aliphatic rings. The van der Waals surface area contributed by atoms with Crippen LogP contribution in [-0.4, -0.2) is 38.7 Å². The molecular formula is C22H29N5O2. The van der Waals surface area contributed by atoms with Gasteiger partial charge in [0.2, 0.25) is 0 Å². The first-order valence-corrected chi connectivity index (χ1v) is 10.3. The number of aliphatic hydroxyl groups excluding tert-OH is 1. The summed E-state index contributed by atoms with van der Waals surface area (Å²) in [6.07, 6.45) is 6.02. The van der Waals surface area contributed by atoms with Gasteiger partial charge in [0.1, 0.15) is 17.5 Å². The Balaban J connectivity index is 1.77. The summed E-state index contributed by atoms with van der Waals surface area (Å²) < 4.78 is 1.51. The average molecular weight is 396 g/mol. The fraction of sp³-hybridized carbons (Fsp3) is 0.500. The van der Waals surface area contributed by atoms with Crippen molar-refractivity contribution in [3.63, 3.8) is 0 Å². The lowest BCUT2D eigenvalue weighted by Gasteiger charge is -2.23. The molecule has 0 bridgehead atoms. The lowest BCUT2D eigenvalue weighted by molar-refractivity contribution is 0.274. The van der Waals surface area contributed by atoms with Gasteiger partial charge in [-0.25, -0.2) is 4.98 Å². The number of anilines is 2. The molecule has 2 atom stereocenters. The van der Waals surface area contributed by atoms with E-state index in [9.17, 15) is 9.90 Å². The molecular weight excluding hydrogens is 366 g/mol. The third kappa shape index (κ3) is 4.05. The Labute approximate surface area is 170 Å². The summed E-state index contributed by atoms with van der Waals surface area (Å²) in [5.74, 6) is 2.66. The number of nitrogens with one attached hydrogen (secondary N) is 2. The predicted molar refractivity (Wildman–Crippen MR) is 118 cm³/mol. The maximum Gasteiger partial charge on any atom is 0.262 e. The Morgan fingerprint density at radius 1 is 1.34 bits per heavy atom. The van der Waals surface area contributed by atoms with E-state index in [0.717, 1.165) is 24.1 Å². The van der Waals surface area contributed by atoms with Crippen LogP contribution in [0.25, 0.3) is 10.8 Å². The predicted octanol–water partition coefficient (Wildman–Crippen LogP) is 3.15. The minimum Gasteiger partial charge on any atom is -0.395 e. The van der Waals surface area contributed by atoms with E-state index >= 15 is 0 Å². The first-order chi connectivity index (χ1) is 13.8. The molecule has 2 aromatic heterocycles. The number of nitrogens with zero attached hydrogens (tertiary/aromatic N) is 3. The summed E-state index contributed by atoms with van der Waals surface area (Å²) in [5.41, 5.74) is 1.01. The van der Waals surface area contributed by atoms with Crippen LogP contribution in [0.1, 0.15) is 40.5 Å². The van der Waals surface area contributed by atoms with E-state index in [4.69, 9.17) is 9.98 Å². The number of amidine groups is 1. The van der Waals surface area contributed by atoms with Crippen molar-refractivity contribution in [2.45, 2.75) is 58.7 Å². The number of dihydropyridines is 1. The van der Waals surface area contributed by atoms with Crippen molar-refractivity contribution in [2.75, 3.05) is 17.2 Å². The van der Waals surface area contributed by atoms with Gasteiger partial charge in [0.25, 0.3) is 5.56 Å². The zero-order valence-corrected chi connectivity index (χ0v) is 17.5. The molecule has 0 amide bonds. The third-order valence-electron chi connectivity index (χ3n) is 5.32. The van der Waals surface area contributed by atoms with Crippen LogP contribution < -0.4 is 16.2 Å². The second-order valence-corrected chi connectivity index (χ2v) is 8.85. The fourth-order valence-corrected chi connectivity index (χ4v) is 3.88. The minimum atomic E-state index is -0.262. The van der Waals surface area contributed by atoms with Gasteiger partial charge in [0, 0.05) is 24.2 Å². The monoisotopic (exact) mass is 395 g/mol. The molecule has 0 radical (unpaired) electrons. The van der Waals surface area contributed by atoms with Crippen molar-refractivity contribution in [1.29, 1.82) is 0 Å². The maximum absolute atomic E-state index is 13.0. The van der Waals surface area contributed by atoms with Crippen LogP contribution in [0.3, 0.4) is 0 Å². The molecule has 7 nitrogen and oxygen atoms in total. The van der Waals surface area contributed by atoms with E-state index in [0.29, 0.717) is 29.0 Å². The van der Waals surface area contributed by atoms with Crippen LogP contribution >= 0.6 is 0 Å². The number of aliphatic imine (C=N–C) groups is 1. The number of fused-ring (bicyclic) bond motifs is 2. The number of rotatable bonds is 5. The number of hydrogen-bond acceptors (Lipinski definition) is 6. The lowest BCUT2D eigenvalue weighted by atomic mass is 10.1. The fourth-order valence-electron chi connectivity index (χ4n) is 3.88. The molecule has 1 aliphatic heterocycles. The summed E-state index contributed by atoms with van der Waals surface area (Å²) in [6.45, 7) is 8.45. The molecule has 7 heteroatoms. The van der Waals surface area contributed by atoms with Gasteiger partial charge in [-0.2, -0.15) is 0 Å². The summed E-state index contributed by atoms with van der Waals surface area (Å²) in [4.78, 5) is 22.5. The normalized spacial score (nSPS) is 20.7. The van der Waals surface area contributed by atoms with Crippen molar-refractivity contribution < 1.29 is 5.11 Å². The number of pyridine rings is 2. The zero-order valence-electron chi connectivity index (χ0n) is 17.5. The molecule has 3 heterocycles. The number of aromatic nitrogens is 2. The summed E-state index contributed by atoms with van der Waals surface area (Å²) >= 11 is 0. The standard InChI is InChI=1S/C22H29N5O2/c1-5-13-10-17(23-16-12-15(13)16)24-18-11-14-6-7-27(8-9-28)21(29)19(14)20(25-18)26-22(2,3)4/h6-7,10-11,15-16,28H,5,8-9,12H2,1-4H3,(H2,23,24,25,26). The molecule has 1 aliphatic carbocycles. The molecule has 0 spiro atoms. The summed E-state index contributed by atoms with van der Waals surface area (Å²) in [7, 11) is 0. The largest absolute Gasteiger partial charge is 0.395 e. The molecule has 0 saturated heterocycles. The van der Waals surface area contributed by atoms with E-state index in [1.807, 2.05) is 32.9 Å². The zero-order chi connectivity index (χ0) is 20.8. The topological polar surface area (TPSA) is 91.5 Å². The van der Waals surface area contributed by atoms with Gasteiger partial charge in [-0.05, 0) is 57.2 Å². The highest BCUT2D eigenvalue weighted by Crippen LogP contribution is 2.43. The van der Waals surface area contributed by atoms with Crippen LogP contribution in [0.2, 0.25) is 0 Å². The van der Waals surface area contributed by atoms with Crippen LogP contribution in [0.4, 0.5) is 11.6 Å². The van der Waals surface area contributed by atoms with Crippen molar-refractivity contribution in [3.05, 3.63) is 40.3 Å². The smallest absolute Gasteiger partial charge is 0.262 e. The highest BCUT2D eigenvalue weighted by Gasteiger charge is 2.41. The second-order valence-electron chi connectivity index (χ2n) is 8.85. The highest BCUT2D eigenvalue weighted by molar-refractivity contribution is 6.06. The van der Waals surface area contributed by atoms with Crippen molar-refractivity contribution >= 4 is 28.2 Å². The lowest BCUT2D eigenvalue weighted by Crippen LogP contribution is -2.29. The van der Waals surface area contributed by atoms with Crippen LogP contribution in [0, 0.1) is 5.92 Å². The van der Waals surface area contributed by atoms with E-state index in [1.165, 1.54) is 10.1 Å². The minimum absolute atomic E-state index is 0.0887. The van der Waals surface area contributed by atoms with Gasteiger partial charge < -0.3 is 20.3 Å². The SMILES string of the molecule is CCC1=CC(Nc2cc3ccn(CCO)c(=O)c3c(NC(C)(C)C)n2)=NC2CC12. The van der Waals surface area contributed by atoms with E-state index in [2.05, 4.69) is 23.6 Å². The Hall–Kier alpha value is -2.67. The molecule has 154 valence electrons. The molecule has 29 heavy (non-hydrogen) atoms. The van der Waals surface area contributed by atoms with Crippen molar-refractivity contribution in [1.82, 2.24) is 9.55 Å². The van der Waals surface area contributed by atoms with Gasteiger partial charge in [0.05, 0.1) is 18.0 Å². The second kappa shape index (κ2) is 7.30. The van der Waals surface area contributed by atoms with Crippen molar-refractivity contribution in [2.24, 2.45) is 10.9 Å². The Morgan fingerprint density at radius 2 is 2.14 bits per heavy atom. The molecule has 2 unspecified atom stereocenters. The van der Waals surface area contributed by atoms with Crippen LogP contribution in [0.5, 0.6) is 0 Å². The quantitative estimate of drug-likeness (QED) is 0.723. The Bertz CT molecular complexity index is 1060. The molecule has 1 fully saturated rings. The average Bonchev–Trinajstić information content (AvgIpc) is 3.41. The molecule has 3 N–H and O–H groups in total. The van der Waals surface area contributed by atoms with E-state index in [1.54, 1.807) is 6.20 Å². The van der Waals surface area contributed by atoms with Gasteiger partial charge in [-0.1, -0.05) is 12.5 Å². The number of hydrogen-bond donors (Lipinski definition) is 3. The van der Waals surface area contributed by atoms with Gasteiger partial charge in [0.15, 0.2) is 0 Å². The number of aliphatic hydroxyl groups is 1. The maximum atomic E-state index is 13.0. The first kappa shape index (κ1) is 19.6. The molecule has 0 aromatic carbocycles. The van der Waals surface area contributed by atoms with Gasteiger partial charge in [-0.15, -0.1) is 0 Å². The van der Waals surface area contributed by atoms with E-state index < -0.39 is 0 Å². The molecule has 2 aromatic rings. The molecule has 4 rings (SSSR count). The van der Waals surface area contributed by atoms with Crippen LogP contribution in [-0.2, 0) is 6.54 Å². The molecule has 1 saturated carbocycles. The van der Waals surface area contributed by atoms with E-state index in [-0.39, 0.29) is 24.2 Å². The summed E-state index contributed by atoms with van der Waals surface area (Å²) in [5, 5.41) is 17.3. The van der Waals surface area contributed by atoms with Crippen molar-refractivity contribution in [3.8, 4) is 0 Å². The first-order valence-electron chi connectivity index (χ1n) is 10.3. The third-order valence-corrected chi connectivity index (χ3v) is 5.32. The summed E-state index contributed by atoms with van der Waals surface area (Å²) in [6, 6.07) is 4.17. The Kier molecular flexibility index (Phi) is 4.94. The Morgan fingerprint density at radius 3 is 2.83 bits per heavy atom. The van der Waals surface area contributed by atoms with Crippen LogP contribution in [0.15, 0.2) is 39.8 Å².